The second kappa shape index (κ2) is 11.1. The first-order valence-electron chi connectivity index (χ1n) is 11.6. The molecule has 2 rings (SSSR count). The first kappa shape index (κ1) is 28.1. The normalized spacial score (nSPS) is 15.5. The summed E-state index contributed by atoms with van der Waals surface area (Å²) < 4.78 is 45.8. The summed E-state index contributed by atoms with van der Waals surface area (Å²) in [5.74, 6) is -2.26. The van der Waals surface area contributed by atoms with Gasteiger partial charge >= 0.3 is 12.1 Å². The number of hydrogen-bond donors (Lipinski definition) is 2. The van der Waals surface area contributed by atoms with Crippen LogP contribution in [0.3, 0.4) is 0 Å². The molecule has 34 heavy (non-hydrogen) atoms. The largest absolute Gasteiger partial charge is 0.479 e. The van der Waals surface area contributed by atoms with E-state index in [0.29, 0.717) is 19.3 Å². The van der Waals surface area contributed by atoms with Crippen LogP contribution in [0.5, 0.6) is 0 Å². The van der Waals surface area contributed by atoms with Crippen molar-refractivity contribution < 1.29 is 32.6 Å². The highest BCUT2D eigenvalue weighted by molar-refractivity contribution is 6.99. The summed E-state index contributed by atoms with van der Waals surface area (Å²) in [6, 6.07) is 20.4. The van der Waals surface area contributed by atoms with Gasteiger partial charge in [0.1, 0.15) is 0 Å². The Labute approximate surface area is 200 Å². The molecule has 188 valence electrons. The molecule has 2 aromatic carbocycles. The van der Waals surface area contributed by atoms with Crippen molar-refractivity contribution in [3.63, 3.8) is 0 Å². The molecule has 0 aliphatic heterocycles. The Morgan fingerprint density at radius 3 is 1.76 bits per heavy atom. The van der Waals surface area contributed by atoms with Crippen LogP contribution in [0.25, 0.3) is 0 Å². The first-order chi connectivity index (χ1) is 15.8. The zero-order chi connectivity index (χ0) is 25.6. The van der Waals surface area contributed by atoms with Gasteiger partial charge < -0.3 is 14.6 Å². The standard InChI is InChI=1S/C26H35F3O4Si/c1-20(14-8-7-13-19-25(32,23(30)31)26(27,28)29)33-34(24(2,3)4,21-15-9-5-10-16-21)22-17-11-6-12-18-22/h5-6,9-12,15-18,20,32H,7-8,13-14,19H2,1-4H3,(H,30,31). The van der Waals surface area contributed by atoms with Gasteiger partial charge in [-0.3, -0.25) is 0 Å². The Balaban J connectivity index is 2.14. The molecule has 0 bridgehead atoms. The third-order valence-electron chi connectivity index (χ3n) is 6.27. The molecule has 0 aliphatic carbocycles. The average Bonchev–Trinajstić information content (AvgIpc) is 2.76. The molecule has 8 heteroatoms. The van der Waals surface area contributed by atoms with Crippen molar-refractivity contribution >= 4 is 24.7 Å². The molecule has 0 amide bonds. The number of alkyl halides is 3. The quantitative estimate of drug-likeness (QED) is 0.328. The fourth-order valence-electron chi connectivity index (χ4n) is 4.41. The van der Waals surface area contributed by atoms with Gasteiger partial charge in [0.15, 0.2) is 0 Å². The summed E-state index contributed by atoms with van der Waals surface area (Å²) in [6.45, 7) is 8.50. The van der Waals surface area contributed by atoms with Crippen LogP contribution < -0.4 is 10.4 Å². The van der Waals surface area contributed by atoms with E-state index in [2.05, 4.69) is 45.0 Å². The van der Waals surface area contributed by atoms with Crippen molar-refractivity contribution in [3.05, 3.63) is 60.7 Å². The predicted octanol–water partition coefficient (Wildman–Crippen LogP) is 5.28. The van der Waals surface area contributed by atoms with Gasteiger partial charge in [0, 0.05) is 6.10 Å². The summed E-state index contributed by atoms with van der Waals surface area (Å²) in [5.41, 5.74) is -3.70. The van der Waals surface area contributed by atoms with Gasteiger partial charge in [-0.1, -0.05) is 94.3 Å². The van der Waals surface area contributed by atoms with E-state index in [1.54, 1.807) is 0 Å². The number of carboxylic acid groups (broad SMARTS) is 1. The van der Waals surface area contributed by atoms with E-state index in [-0.39, 0.29) is 17.6 Å². The van der Waals surface area contributed by atoms with Crippen molar-refractivity contribution in [2.75, 3.05) is 0 Å². The van der Waals surface area contributed by atoms with Gasteiger partial charge in [-0.2, -0.15) is 13.2 Å². The smallest absolute Gasteiger partial charge is 0.428 e. The van der Waals surface area contributed by atoms with Crippen molar-refractivity contribution in [3.8, 4) is 0 Å². The second-order valence-corrected chi connectivity index (χ2v) is 14.1. The maximum absolute atomic E-state index is 13.0. The Morgan fingerprint density at radius 1 is 0.912 bits per heavy atom. The highest BCUT2D eigenvalue weighted by Crippen LogP contribution is 2.38. The van der Waals surface area contributed by atoms with E-state index in [9.17, 15) is 23.1 Å². The number of carbonyl (C=O) groups is 1. The molecule has 4 nitrogen and oxygen atoms in total. The lowest BCUT2D eigenvalue weighted by molar-refractivity contribution is -0.262. The number of aliphatic carboxylic acids is 1. The molecule has 0 aliphatic rings. The van der Waals surface area contributed by atoms with Gasteiger partial charge in [-0.15, -0.1) is 0 Å². The van der Waals surface area contributed by atoms with E-state index in [0.717, 1.165) is 10.4 Å². The van der Waals surface area contributed by atoms with E-state index >= 15 is 0 Å². The maximum atomic E-state index is 13.0. The Bertz CT molecular complexity index is 874. The Hall–Kier alpha value is -2.16. The number of rotatable bonds is 11. The lowest BCUT2D eigenvalue weighted by Crippen LogP contribution is -2.67. The van der Waals surface area contributed by atoms with Crippen LogP contribution in [-0.2, 0) is 9.22 Å². The van der Waals surface area contributed by atoms with Crippen LogP contribution in [0, 0.1) is 0 Å². The summed E-state index contributed by atoms with van der Waals surface area (Å²) >= 11 is 0. The molecular weight excluding hydrogens is 461 g/mol. The van der Waals surface area contributed by atoms with E-state index in [1.165, 1.54) is 0 Å². The molecule has 2 N–H and O–H groups in total. The summed E-state index contributed by atoms with van der Waals surface area (Å²) in [7, 11) is -2.72. The highest BCUT2D eigenvalue weighted by atomic mass is 28.4. The molecule has 0 heterocycles. The third kappa shape index (κ3) is 6.09. The molecule has 0 radical (unpaired) electrons. The lowest BCUT2D eigenvalue weighted by atomic mass is 9.95. The van der Waals surface area contributed by atoms with Crippen LogP contribution in [-0.4, -0.2) is 42.4 Å². The number of halogens is 3. The monoisotopic (exact) mass is 496 g/mol. The highest BCUT2D eigenvalue weighted by Gasteiger charge is 2.59. The van der Waals surface area contributed by atoms with Crippen molar-refractivity contribution in [2.45, 2.75) is 82.7 Å². The Kier molecular flexibility index (Phi) is 9.13. The Morgan fingerprint density at radius 2 is 1.38 bits per heavy atom. The first-order valence-corrected chi connectivity index (χ1v) is 13.5. The number of unbranched alkanes of at least 4 members (excludes halogenated alkanes) is 2. The molecule has 0 aromatic heterocycles. The van der Waals surface area contributed by atoms with E-state index in [4.69, 9.17) is 9.53 Å². The molecule has 0 spiro atoms. The number of benzene rings is 2. The number of hydrogen-bond acceptors (Lipinski definition) is 3. The average molecular weight is 497 g/mol. The zero-order valence-electron chi connectivity index (χ0n) is 20.2. The fourth-order valence-corrected chi connectivity index (χ4v) is 9.15. The van der Waals surface area contributed by atoms with Gasteiger partial charge in [0.05, 0.1) is 0 Å². The molecule has 2 atom stereocenters. The molecule has 0 fully saturated rings. The molecule has 2 unspecified atom stereocenters. The van der Waals surface area contributed by atoms with Crippen LogP contribution in [0.4, 0.5) is 13.2 Å². The van der Waals surface area contributed by atoms with Crippen molar-refractivity contribution in [1.82, 2.24) is 0 Å². The molecular formula is C26H35F3O4Si. The summed E-state index contributed by atoms with van der Waals surface area (Å²) in [5, 5.41) is 20.5. The third-order valence-corrected chi connectivity index (χ3v) is 11.4. The van der Waals surface area contributed by atoms with Gasteiger partial charge in [-0.25, -0.2) is 4.79 Å². The van der Waals surface area contributed by atoms with Gasteiger partial charge in [0.25, 0.3) is 13.9 Å². The minimum absolute atomic E-state index is 0.0474. The van der Waals surface area contributed by atoms with Gasteiger partial charge in [-0.05, 0) is 41.6 Å². The minimum atomic E-state index is -5.21. The van der Waals surface area contributed by atoms with Crippen LogP contribution in [0.1, 0.15) is 59.8 Å². The molecule has 0 saturated heterocycles. The second-order valence-electron chi connectivity index (χ2n) is 9.85. The lowest BCUT2D eigenvalue weighted by Gasteiger charge is -2.44. The SMILES string of the molecule is CC(CCCCCC(O)(C(=O)O)C(F)(F)F)O[Si](c1ccccc1)(c1ccccc1)C(C)(C)C. The van der Waals surface area contributed by atoms with E-state index < -0.39 is 32.5 Å². The summed E-state index contributed by atoms with van der Waals surface area (Å²) in [6.07, 6.45) is -4.75. The van der Waals surface area contributed by atoms with Crippen molar-refractivity contribution in [1.29, 1.82) is 0 Å². The fraction of sp³-hybridized carbons (Fsp3) is 0.500. The molecule has 2 aromatic rings. The van der Waals surface area contributed by atoms with Crippen LogP contribution in [0.15, 0.2) is 60.7 Å². The number of aliphatic hydroxyl groups is 1. The minimum Gasteiger partial charge on any atom is -0.479 e. The van der Waals surface area contributed by atoms with Crippen molar-refractivity contribution in [2.24, 2.45) is 0 Å². The predicted molar refractivity (Wildman–Crippen MR) is 130 cm³/mol. The topological polar surface area (TPSA) is 66.8 Å². The van der Waals surface area contributed by atoms with Crippen LogP contribution >= 0.6 is 0 Å². The summed E-state index contributed by atoms with van der Waals surface area (Å²) in [4.78, 5) is 11.0. The van der Waals surface area contributed by atoms with E-state index in [1.807, 2.05) is 43.3 Å². The van der Waals surface area contributed by atoms with Gasteiger partial charge in [0.2, 0.25) is 0 Å². The van der Waals surface area contributed by atoms with Crippen LogP contribution in [0.2, 0.25) is 5.04 Å². The zero-order valence-corrected chi connectivity index (χ0v) is 21.2. The maximum Gasteiger partial charge on any atom is 0.428 e. The molecule has 0 saturated carbocycles. The number of carboxylic acids is 1.